The lowest BCUT2D eigenvalue weighted by Crippen LogP contribution is -1.93. The van der Waals surface area contributed by atoms with Gasteiger partial charge < -0.3 is 5.11 Å². The SMILES string of the molecule is [2H]C(CCCCCCCCCCCC)C([2H])([2H])C(=O)O. The summed E-state index contributed by atoms with van der Waals surface area (Å²) in [5, 5.41) is 8.68. The zero-order valence-electron chi connectivity index (χ0n) is 14.2. The average Bonchev–Trinajstić information content (AvgIpc) is 2.40. The molecule has 17 heavy (non-hydrogen) atoms. The average molecular weight is 245 g/mol. The minimum absolute atomic E-state index is 0.329. The predicted molar refractivity (Wildman–Crippen MR) is 73.3 cm³/mol. The highest BCUT2D eigenvalue weighted by atomic mass is 16.4. The first-order valence-electron chi connectivity index (χ1n) is 8.66. The minimum atomic E-state index is -2.42. The lowest BCUT2D eigenvalue weighted by atomic mass is 10.0. The number of hydrogen-bond donors (Lipinski definition) is 1. The Morgan fingerprint density at radius 2 is 1.29 bits per heavy atom. The number of rotatable bonds is 13. The van der Waals surface area contributed by atoms with E-state index < -0.39 is 18.7 Å². The van der Waals surface area contributed by atoms with Gasteiger partial charge in [-0.2, -0.15) is 0 Å². The molecule has 102 valence electrons. The Morgan fingerprint density at radius 3 is 1.71 bits per heavy atom. The standard InChI is InChI=1S/C15H30O2/c1-2-3-4-5-6-7-8-9-10-11-12-13-14-15(16)17/h2-14H2,1H3,(H,16,17)/i13D,14D2. The van der Waals surface area contributed by atoms with Gasteiger partial charge in [0.1, 0.15) is 0 Å². The fourth-order valence-electron chi connectivity index (χ4n) is 1.89. The van der Waals surface area contributed by atoms with Crippen molar-refractivity contribution in [2.75, 3.05) is 0 Å². The van der Waals surface area contributed by atoms with E-state index >= 15 is 0 Å². The largest absolute Gasteiger partial charge is 0.481 e. The van der Waals surface area contributed by atoms with Crippen molar-refractivity contribution in [2.45, 2.75) is 90.3 Å². The molecule has 0 aromatic carbocycles. The van der Waals surface area contributed by atoms with Gasteiger partial charge in [0.25, 0.3) is 0 Å². The zero-order valence-corrected chi connectivity index (χ0v) is 11.2. The fraction of sp³-hybridized carbons (Fsp3) is 0.933. The Balaban J connectivity index is 3.42. The molecule has 0 aromatic heterocycles. The highest BCUT2D eigenvalue weighted by molar-refractivity contribution is 5.66. The Labute approximate surface area is 111 Å². The van der Waals surface area contributed by atoms with Gasteiger partial charge in [0.15, 0.2) is 0 Å². The molecule has 0 spiro atoms. The summed E-state index contributed by atoms with van der Waals surface area (Å²) in [5.74, 6) is -1.52. The smallest absolute Gasteiger partial charge is 0.303 e. The molecule has 0 rings (SSSR count). The van der Waals surface area contributed by atoms with Gasteiger partial charge in [-0.3, -0.25) is 4.79 Å². The van der Waals surface area contributed by atoms with E-state index in [4.69, 9.17) is 9.22 Å². The van der Waals surface area contributed by atoms with Gasteiger partial charge in [-0.05, 0) is 6.40 Å². The van der Waals surface area contributed by atoms with Crippen molar-refractivity contribution in [2.24, 2.45) is 0 Å². The van der Waals surface area contributed by atoms with E-state index in [0.717, 1.165) is 19.3 Å². The summed E-state index contributed by atoms with van der Waals surface area (Å²) < 4.78 is 22.1. The summed E-state index contributed by atoms with van der Waals surface area (Å²) in [5.41, 5.74) is 0. The van der Waals surface area contributed by atoms with E-state index in [1.165, 1.54) is 44.9 Å². The molecule has 0 aromatic rings. The van der Waals surface area contributed by atoms with Crippen LogP contribution in [0.25, 0.3) is 0 Å². The fourth-order valence-corrected chi connectivity index (χ4v) is 1.89. The van der Waals surface area contributed by atoms with Crippen LogP contribution in [0, 0.1) is 0 Å². The quantitative estimate of drug-likeness (QED) is 0.455. The normalized spacial score (nSPS) is 15.9. The van der Waals surface area contributed by atoms with Gasteiger partial charge in [-0.1, -0.05) is 77.6 Å². The highest BCUT2D eigenvalue weighted by Gasteiger charge is 1.96. The summed E-state index contributed by atoms with van der Waals surface area (Å²) in [6.45, 7) is 2.21. The van der Waals surface area contributed by atoms with Crippen LogP contribution in [-0.4, -0.2) is 11.1 Å². The van der Waals surface area contributed by atoms with Gasteiger partial charge in [-0.25, -0.2) is 0 Å². The van der Waals surface area contributed by atoms with Crippen molar-refractivity contribution >= 4 is 5.97 Å². The molecule has 2 nitrogen and oxygen atoms in total. The molecule has 0 amide bonds. The van der Waals surface area contributed by atoms with Crippen LogP contribution in [0.3, 0.4) is 0 Å². The molecule has 0 bridgehead atoms. The summed E-state index contributed by atoms with van der Waals surface area (Å²) in [4.78, 5) is 10.6. The second-order valence-electron chi connectivity index (χ2n) is 4.62. The highest BCUT2D eigenvalue weighted by Crippen LogP contribution is 2.12. The van der Waals surface area contributed by atoms with E-state index in [-0.39, 0.29) is 0 Å². The number of aliphatic carboxylic acids is 1. The molecule has 1 N–H and O–H groups in total. The van der Waals surface area contributed by atoms with Crippen molar-refractivity contribution in [3.63, 3.8) is 0 Å². The minimum Gasteiger partial charge on any atom is -0.481 e. The predicted octanol–water partition coefficient (Wildman–Crippen LogP) is 5.16. The molecule has 0 fully saturated rings. The number of carbonyl (C=O) groups is 1. The van der Waals surface area contributed by atoms with Gasteiger partial charge in [-0.15, -0.1) is 0 Å². The number of hydrogen-bond acceptors (Lipinski definition) is 1. The molecule has 1 atom stereocenters. The second-order valence-corrected chi connectivity index (χ2v) is 4.62. The van der Waals surface area contributed by atoms with Gasteiger partial charge in [0, 0.05) is 10.5 Å². The van der Waals surface area contributed by atoms with E-state index in [1.54, 1.807) is 0 Å². The van der Waals surface area contributed by atoms with E-state index in [9.17, 15) is 4.79 Å². The van der Waals surface area contributed by atoms with Crippen molar-refractivity contribution in [1.82, 2.24) is 0 Å². The van der Waals surface area contributed by atoms with Gasteiger partial charge >= 0.3 is 5.97 Å². The van der Waals surface area contributed by atoms with Crippen molar-refractivity contribution in [3.05, 3.63) is 0 Å². The second kappa shape index (κ2) is 13.5. The van der Waals surface area contributed by atoms with Crippen LogP contribution in [0.15, 0.2) is 0 Å². The van der Waals surface area contributed by atoms with Crippen molar-refractivity contribution in [1.29, 1.82) is 0 Å². The number of carboxylic acids is 1. The van der Waals surface area contributed by atoms with Crippen LogP contribution >= 0.6 is 0 Å². The lowest BCUT2D eigenvalue weighted by molar-refractivity contribution is -0.137. The van der Waals surface area contributed by atoms with Crippen LogP contribution < -0.4 is 0 Å². The maximum atomic E-state index is 10.6. The maximum absolute atomic E-state index is 10.6. The lowest BCUT2D eigenvalue weighted by Gasteiger charge is -2.02. The molecular weight excluding hydrogens is 212 g/mol. The molecule has 0 heterocycles. The van der Waals surface area contributed by atoms with Crippen LogP contribution in [0.1, 0.15) is 94.4 Å². The molecular formula is C15H30O2. The first-order valence-corrected chi connectivity index (χ1v) is 7.08. The topological polar surface area (TPSA) is 37.3 Å². The monoisotopic (exact) mass is 245 g/mol. The third-order valence-electron chi connectivity index (χ3n) is 2.93. The van der Waals surface area contributed by atoms with Crippen LogP contribution in [-0.2, 0) is 4.79 Å². The van der Waals surface area contributed by atoms with E-state index in [1.807, 2.05) is 0 Å². The molecule has 1 unspecified atom stereocenters. The maximum Gasteiger partial charge on any atom is 0.303 e. The molecule has 0 radical (unpaired) electrons. The summed E-state index contributed by atoms with van der Waals surface area (Å²) in [7, 11) is 0. The molecule has 0 aliphatic rings. The van der Waals surface area contributed by atoms with E-state index in [2.05, 4.69) is 6.92 Å². The van der Waals surface area contributed by atoms with Crippen molar-refractivity contribution < 1.29 is 14.0 Å². The molecule has 0 aliphatic heterocycles. The Hall–Kier alpha value is -0.530. The van der Waals surface area contributed by atoms with Crippen LogP contribution in [0.2, 0.25) is 0 Å². The van der Waals surface area contributed by atoms with Gasteiger partial charge in [0.05, 0.1) is 0 Å². The number of carboxylic acid groups (broad SMARTS) is 1. The third-order valence-corrected chi connectivity index (χ3v) is 2.93. The van der Waals surface area contributed by atoms with E-state index in [0.29, 0.717) is 6.42 Å². The first kappa shape index (κ1) is 11.6. The van der Waals surface area contributed by atoms with Crippen LogP contribution in [0.5, 0.6) is 0 Å². The summed E-state index contributed by atoms with van der Waals surface area (Å²) in [6, 6.07) is 0. The third kappa shape index (κ3) is 15.5. The summed E-state index contributed by atoms with van der Waals surface area (Å²) >= 11 is 0. The molecule has 0 saturated heterocycles. The molecule has 0 aliphatic carbocycles. The zero-order chi connectivity index (χ0) is 15.4. The Bertz CT molecular complexity index is 258. The Morgan fingerprint density at radius 1 is 0.882 bits per heavy atom. The molecule has 2 heteroatoms. The molecule has 0 saturated carbocycles. The van der Waals surface area contributed by atoms with Gasteiger partial charge in [0.2, 0.25) is 0 Å². The Kier molecular flexibility index (Phi) is 9.20. The first-order chi connectivity index (χ1) is 9.42. The summed E-state index contributed by atoms with van der Waals surface area (Å²) in [6.07, 6.45) is 8.58. The number of unbranched alkanes of at least 4 members (excludes halogenated alkanes) is 9. The van der Waals surface area contributed by atoms with Crippen molar-refractivity contribution in [3.8, 4) is 0 Å². The van der Waals surface area contributed by atoms with Crippen LogP contribution in [0.4, 0.5) is 0 Å².